The van der Waals surface area contributed by atoms with Gasteiger partial charge in [-0.1, -0.05) is 51.1 Å². The molecule has 2 aromatic rings. The van der Waals surface area contributed by atoms with Crippen molar-refractivity contribution in [1.29, 1.82) is 0 Å². The summed E-state index contributed by atoms with van der Waals surface area (Å²) in [6, 6.07) is 10.3. The minimum Gasteiger partial charge on any atom is -0.393 e. The van der Waals surface area contributed by atoms with Crippen LogP contribution in [0.5, 0.6) is 0 Å². The SMILES string of the molecule is Cn1c(C(C)(C)C)c(N)c(=O)n1CCCc1ccccc1. The highest BCUT2D eigenvalue weighted by Gasteiger charge is 2.25. The van der Waals surface area contributed by atoms with Crippen molar-refractivity contribution in [2.24, 2.45) is 7.05 Å². The van der Waals surface area contributed by atoms with Gasteiger partial charge in [-0.2, -0.15) is 0 Å². The van der Waals surface area contributed by atoms with Gasteiger partial charge in [0, 0.05) is 19.0 Å². The summed E-state index contributed by atoms with van der Waals surface area (Å²) < 4.78 is 3.67. The number of benzene rings is 1. The molecule has 2 N–H and O–H groups in total. The normalized spacial score (nSPS) is 11.8. The first kappa shape index (κ1) is 15.4. The fourth-order valence-electron chi connectivity index (χ4n) is 2.89. The highest BCUT2D eigenvalue weighted by molar-refractivity contribution is 5.45. The number of anilines is 1. The molecule has 0 bridgehead atoms. The predicted molar refractivity (Wildman–Crippen MR) is 87.5 cm³/mol. The lowest BCUT2D eigenvalue weighted by Crippen LogP contribution is -2.24. The first-order chi connectivity index (χ1) is 9.82. The van der Waals surface area contributed by atoms with E-state index in [2.05, 4.69) is 32.9 Å². The summed E-state index contributed by atoms with van der Waals surface area (Å²) in [5.74, 6) is 0. The zero-order valence-electron chi connectivity index (χ0n) is 13.4. The second-order valence-electron chi connectivity index (χ2n) is 6.55. The van der Waals surface area contributed by atoms with Gasteiger partial charge >= 0.3 is 0 Å². The van der Waals surface area contributed by atoms with Gasteiger partial charge in [-0.3, -0.25) is 9.48 Å². The van der Waals surface area contributed by atoms with Crippen LogP contribution in [0.1, 0.15) is 38.4 Å². The lowest BCUT2D eigenvalue weighted by atomic mass is 9.91. The Morgan fingerprint density at radius 1 is 1.14 bits per heavy atom. The lowest BCUT2D eigenvalue weighted by Gasteiger charge is -2.21. The second kappa shape index (κ2) is 5.80. The third-order valence-corrected chi connectivity index (χ3v) is 3.79. The minimum atomic E-state index is -0.136. The first-order valence-electron chi connectivity index (χ1n) is 7.42. The molecule has 21 heavy (non-hydrogen) atoms. The van der Waals surface area contributed by atoms with Crippen molar-refractivity contribution in [3.05, 3.63) is 51.9 Å². The van der Waals surface area contributed by atoms with Crippen LogP contribution in [0.2, 0.25) is 0 Å². The summed E-state index contributed by atoms with van der Waals surface area (Å²) in [6.45, 7) is 6.91. The molecule has 4 heteroatoms. The van der Waals surface area contributed by atoms with Crippen LogP contribution in [0, 0.1) is 0 Å². The van der Waals surface area contributed by atoms with Gasteiger partial charge < -0.3 is 5.73 Å². The molecule has 0 spiro atoms. The van der Waals surface area contributed by atoms with Crippen LogP contribution in [0.3, 0.4) is 0 Å². The number of nitrogens with zero attached hydrogens (tertiary/aromatic N) is 2. The maximum Gasteiger partial charge on any atom is 0.290 e. The number of aromatic nitrogens is 2. The van der Waals surface area contributed by atoms with E-state index in [1.165, 1.54) is 5.56 Å². The molecule has 0 fully saturated rings. The molecular weight excluding hydrogens is 262 g/mol. The average molecular weight is 287 g/mol. The highest BCUT2D eigenvalue weighted by Crippen LogP contribution is 2.25. The molecule has 0 aliphatic carbocycles. The maximum absolute atomic E-state index is 12.3. The third kappa shape index (κ3) is 3.20. The summed E-state index contributed by atoms with van der Waals surface area (Å²) in [4.78, 5) is 12.3. The van der Waals surface area contributed by atoms with Gasteiger partial charge in [-0.05, 0) is 18.4 Å². The van der Waals surface area contributed by atoms with Gasteiger partial charge in [-0.25, -0.2) is 4.68 Å². The van der Waals surface area contributed by atoms with Crippen molar-refractivity contribution in [2.75, 3.05) is 5.73 Å². The molecule has 1 aromatic carbocycles. The van der Waals surface area contributed by atoms with Gasteiger partial charge in [0.1, 0.15) is 5.69 Å². The van der Waals surface area contributed by atoms with E-state index in [0.717, 1.165) is 18.5 Å². The fraction of sp³-hybridized carbons (Fsp3) is 0.471. The number of rotatable bonds is 4. The Morgan fingerprint density at radius 2 is 1.76 bits per heavy atom. The molecule has 1 aromatic heterocycles. The van der Waals surface area contributed by atoms with Gasteiger partial charge in [0.2, 0.25) is 0 Å². The van der Waals surface area contributed by atoms with Crippen LogP contribution in [0.4, 0.5) is 5.69 Å². The van der Waals surface area contributed by atoms with Crippen molar-refractivity contribution >= 4 is 5.69 Å². The molecule has 0 saturated carbocycles. The monoisotopic (exact) mass is 287 g/mol. The fourth-order valence-corrected chi connectivity index (χ4v) is 2.89. The van der Waals surface area contributed by atoms with Crippen molar-refractivity contribution in [3.63, 3.8) is 0 Å². The van der Waals surface area contributed by atoms with Crippen LogP contribution in [-0.2, 0) is 25.4 Å². The zero-order chi connectivity index (χ0) is 15.6. The lowest BCUT2D eigenvalue weighted by molar-refractivity contribution is 0.432. The molecular formula is C17H25N3O. The van der Waals surface area contributed by atoms with E-state index in [9.17, 15) is 4.79 Å². The maximum atomic E-state index is 12.3. The number of hydrogen-bond donors (Lipinski definition) is 1. The quantitative estimate of drug-likeness (QED) is 0.940. The molecule has 0 aliphatic rings. The molecule has 4 nitrogen and oxygen atoms in total. The largest absolute Gasteiger partial charge is 0.393 e. The van der Waals surface area contributed by atoms with Gasteiger partial charge in [0.05, 0.1) is 5.69 Å². The Morgan fingerprint density at radius 3 is 2.29 bits per heavy atom. The number of hydrogen-bond acceptors (Lipinski definition) is 2. The van der Waals surface area contributed by atoms with E-state index >= 15 is 0 Å². The molecule has 1 heterocycles. The van der Waals surface area contributed by atoms with E-state index in [-0.39, 0.29) is 11.0 Å². The van der Waals surface area contributed by atoms with Gasteiger partial charge in [-0.15, -0.1) is 0 Å². The van der Waals surface area contributed by atoms with Crippen LogP contribution >= 0.6 is 0 Å². The van der Waals surface area contributed by atoms with Gasteiger partial charge in [0.25, 0.3) is 5.56 Å². The summed E-state index contributed by atoms with van der Waals surface area (Å²) in [6.07, 6.45) is 1.88. The molecule has 0 atom stereocenters. The average Bonchev–Trinajstić information content (AvgIpc) is 2.63. The van der Waals surface area contributed by atoms with E-state index in [1.807, 2.05) is 29.9 Å². The predicted octanol–water partition coefficient (Wildman–Crippen LogP) is 2.70. The number of nitrogen functional groups attached to an aromatic ring is 1. The summed E-state index contributed by atoms with van der Waals surface area (Å²) in [5, 5.41) is 0. The standard InChI is InChI=1S/C17H25N3O/c1-17(2,3)15-14(18)16(21)20(19(15)4)12-8-11-13-9-6-5-7-10-13/h5-7,9-10H,8,11-12,18H2,1-4H3. The molecule has 0 radical (unpaired) electrons. The van der Waals surface area contributed by atoms with E-state index in [4.69, 9.17) is 5.73 Å². The topological polar surface area (TPSA) is 52.9 Å². The Balaban J connectivity index is 2.16. The summed E-state index contributed by atoms with van der Waals surface area (Å²) in [7, 11) is 1.92. The Hall–Kier alpha value is -1.97. The molecule has 0 aliphatic heterocycles. The minimum absolute atomic E-state index is 0.0736. The van der Waals surface area contributed by atoms with Crippen molar-refractivity contribution in [1.82, 2.24) is 9.36 Å². The van der Waals surface area contributed by atoms with Crippen molar-refractivity contribution in [2.45, 2.75) is 45.6 Å². The van der Waals surface area contributed by atoms with Crippen LogP contribution in [-0.4, -0.2) is 9.36 Å². The second-order valence-corrected chi connectivity index (χ2v) is 6.55. The Bertz CT molecular complexity index is 660. The van der Waals surface area contributed by atoms with Crippen molar-refractivity contribution < 1.29 is 0 Å². The smallest absolute Gasteiger partial charge is 0.290 e. The summed E-state index contributed by atoms with van der Waals surface area (Å²) >= 11 is 0. The Kier molecular flexibility index (Phi) is 4.26. The van der Waals surface area contributed by atoms with E-state index in [1.54, 1.807) is 4.68 Å². The van der Waals surface area contributed by atoms with Crippen LogP contribution < -0.4 is 11.3 Å². The molecule has 114 valence electrons. The molecule has 0 unspecified atom stereocenters. The Labute approximate surface area is 126 Å². The molecule has 0 amide bonds. The van der Waals surface area contributed by atoms with Crippen LogP contribution in [0.25, 0.3) is 0 Å². The van der Waals surface area contributed by atoms with Gasteiger partial charge in [0.15, 0.2) is 0 Å². The zero-order valence-corrected chi connectivity index (χ0v) is 13.4. The van der Waals surface area contributed by atoms with Crippen LogP contribution in [0.15, 0.2) is 35.1 Å². The third-order valence-electron chi connectivity index (χ3n) is 3.79. The summed E-state index contributed by atoms with van der Waals surface area (Å²) in [5.41, 5.74) is 8.39. The number of aryl methyl sites for hydroxylation is 1. The molecule has 0 saturated heterocycles. The van der Waals surface area contributed by atoms with Crippen molar-refractivity contribution in [3.8, 4) is 0 Å². The van der Waals surface area contributed by atoms with E-state index < -0.39 is 0 Å². The number of nitrogens with two attached hydrogens (primary N) is 1. The molecule has 2 rings (SSSR count). The first-order valence-corrected chi connectivity index (χ1v) is 7.42. The van der Waals surface area contributed by atoms with E-state index in [0.29, 0.717) is 12.2 Å². The highest BCUT2D eigenvalue weighted by atomic mass is 16.1.